The molecule has 1 amide bonds. The van der Waals surface area contributed by atoms with Gasteiger partial charge in [-0.2, -0.15) is 0 Å². The molecule has 0 saturated heterocycles. The predicted octanol–water partition coefficient (Wildman–Crippen LogP) is 3.84. The summed E-state index contributed by atoms with van der Waals surface area (Å²) in [5, 5.41) is 0. The van der Waals surface area contributed by atoms with Crippen LogP contribution < -0.4 is 10.9 Å². The third kappa shape index (κ3) is 4.15. The summed E-state index contributed by atoms with van der Waals surface area (Å²) < 4.78 is 13.3. The Hall–Kier alpha value is -2.20. The fraction of sp³-hybridized carbons (Fsp3) is 0.278. The van der Waals surface area contributed by atoms with Crippen molar-refractivity contribution in [1.82, 2.24) is 10.9 Å². The smallest absolute Gasteiger partial charge is 0.265 e. The number of hydrogen-bond donors (Lipinski definition) is 2. The lowest BCUT2D eigenvalue weighted by Gasteiger charge is -2.10. The van der Waals surface area contributed by atoms with Gasteiger partial charge in [-0.25, -0.2) is 9.82 Å². The number of carbonyl (C=O) groups excluding carboxylic acids is 1. The van der Waals surface area contributed by atoms with E-state index in [1.54, 1.807) is 12.1 Å². The van der Waals surface area contributed by atoms with Gasteiger partial charge in [-0.1, -0.05) is 37.6 Å². The Kier molecular flexibility index (Phi) is 5.67. The molecule has 0 aliphatic heterocycles. The van der Waals surface area contributed by atoms with Crippen LogP contribution in [0.2, 0.25) is 0 Å². The van der Waals surface area contributed by atoms with Crippen LogP contribution in [0.15, 0.2) is 42.5 Å². The normalized spacial score (nSPS) is 10.5. The van der Waals surface area contributed by atoms with Gasteiger partial charge in [0.25, 0.3) is 5.91 Å². The second-order valence-electron chi connectivity index (χ2n) is 5.27. The minimum atomic E-state index is -0.267. The van der Waals surface area contributed by atoms with Crippen molar-refractivity contribution in [2.24, 2.45) is 0 Å². The van der Waals surface area contributed by atoms with Gasteiger partial charge in [0.05, 0.1) is 0 Å². The average molecular weight is 300 g/mol. The maximum absolute atomic E-state index is 13.3. The molecule has 0 aliphatic carbocycles. The van der Waals surface area contributed by atoms with E-state index in [-0.39, 0.29) is 11.7 Å². The molecule has 0 bridgehead atoms. The lowest BCUT2D eigenvalue weighted by atomic mass is 9.99. The monoisotopic (exact) mass is 300 g/mol. The summed E-state index contributed by atoms with van der Waals surface area (Å²) in [4.78, 5) is 12.1. The first-order valence-electron chi connectivity index (χ1n) is 7.51. The van der Waals surface area contributed by atoms with Crippen LogP contribution in [0.5, 0.6) is 0 Å². The van der Waals surface area contributed by atoms with E-state index in [4.69, 9.17) is 0 Å². The number of halogens is 1. The Morgan fingerprint density at radius 2 is 1.91 bits per heavy atom. The first-order chi connectivity index (χ1) is 10.6. The van der Waals surface area contributed by atoms with Crippen LogP contribution in [0.1, 0.15) is 35.7 Å². The lowest BCUT2D eigenvalue weighted by Crippen LogP contribution is -2.38. The van der Waals surface area contributed by atoms with E-state index in [0.717, 1.165) is 36.1 Å². The molecule has 0 saturated carbocycles. The van der Waals surface area contributed by atoms with Gasteiger partial charge in [0.1, 0.15) is 5.82 Å². The van der Waals surface area contributed by atoms with Crippen LogP contribution in [0, 0.1) is 12.7 Å². The van der Waals surface area contributed by atoms with E-state index >= 15 is 0 Å². The van der Waals surface area contributed by atoms with E-state index in [2.05, 4.69) is 17.8 Å². The van der Waals surface area contributed by atoms with Crippen LogP contribution >= 0.6 is 0 Å². The number of aryl methyl sites for hydroxylation is 1. The molecular weight excluding hydrogens is 279 g/mol. The number of hydrazine groups is 1. The highest BCUT2D eigenvalue weighted by Gasteiger charge is 2.09. The molecule has 0 aliphatic rings. The molecule has 0 atom stereocenters. The molecule has 2 rings (SSSR count). The Morgan fingerprint density at radius 1 is 1.14 bits per heavy atom. The summed E-state index contributed by atoms with van der Waals surface area (Å²) in [6.45, 7) is 4.73. The van der Waals surface area contributed by atoms with Crippen LogP contribution in [0.25, 0.3) is 11.1 Å². The molecule has 0 unspecified atom stereocenters. The zero-order chi connectivity index (χ0) is 15.9. The molecule has 2 N–H and O–H groups in total. The topological polar surface area (TPSA) is 41.1 Å². The zero-order valence-electron chi connectivity index (χ0n) is 12.9. The molecule has 0 spiro atoms. The highest BCUT2D eigenvalue weighted by atomic mass is 19.1. The lowest BCUT2D eigenvalue weighted by molar-refractivity contribution is 0.0932. The summed E-state index contributed by atoms with van der Waals surface area (Å²) in [7, 11) is 0. The van der Waals surface area contributed by atoms with E-state index in [9.17, 15) is 9.18 Å². The number of nitrogens with one attached hydrogen (secondary N) is 2. The van der Waals surface area contributed by atoms with Gasteiger partial charge < -0.3 is 0 Å². The molecule has 0 fully saturated rings. The van der Waals surface area contributed by atoms with Crippen LogP contribution in [0.4, 0.5) is 4.39 Å². The van der Waals surface area contributed by atoms with E-state index in [1.165, 1.54) is 12.1 Å². The molecule has 0 radical (unpaired) electrons. The van der Waals surface area contributed by atoms with Crippen molar-refractivity contribution in [3.63, 3.8) is 0 Å². The molecule has 0 heterocycles. The molecule has 2 aromatic carbocycles. The van der Waals surface area contributed by atoms with Gasteiger partial charge in [-0.3, -0.25) is 10.2 Å². The van der Waals surface area contributed by atoms with Crippen molar-refractivity contribution in [3.8, 4) is 11.1 Å². The Labute approximate surface area is 130 Å². The summed E-state index contributed by atoms with van der Waals surface area (Å²) in [6, 6.07) is 11.9. The zero-order valence-corrected chi connectivity index (χ0v) is 12.9. The summed E-state index contributed by atoms with van der Waals surface area (Å²) in [5.74, 6) is -0.420. The Bertz CT molecular complexity index is 655. The SMILES string of the molecule is CCCCNNC(=O)c1ccc(-c2cccc(F)c2)cc1C. The average Bonchev–Trinajstić information content (AvgIpc) is 2.51. The van der Waals surface area contributed by atoms with E-state index in [1.807, 2.05) is 25.1 Å². The summed E-state index contributed by atoms with van der Waals surface area (Å²) in [5.41, 5.74) is 8.78. The molecular formula is C18H21FN2O. The second kappa shape index (κ2) is 7.71. The Morgan fingerprint density at radius 3 is 2.59 bits per heavy atom. The maximum Gasteiger partial charge on any atom is 0.265 e. The minimum absolute atomic E-state index is 0.153. The van der Waals surface area contributed by atoms with Gasteiger partial charge in [-0.05, 0) is 48.2 Å². The van der Waals surface area contributed by atoms with Crippen molar-refractivity contribution in [2.45, 2.75) is 26.7 Å². The molecule has 2 aromatic rings. The van der Waals surface area contributed by atoms with Gasteiger partial charge in [0.2, 0.25) is 0 Å². The van der Waals surface area contributed by atoms with Crippen molar-refractivity contribution < 1.29 is 9.18 Å². The summed E-state index contributed by atoms with van der Waals surface area (Å²) in [6.07, 6.45) is 2.09. The Balaban J connectivity index is 2.11. The number of rotatable bonds is 6. The molecule has 116 valence electrons. The number of benzene rings is 2. The van der Waals surface area contributed by atoms with Crippen LogP contribution in [0.3, 0.4) is 0 Å². The summed E-state index contributed by atoms with van der Waals surface area (Å²) >= 11 is 0. The van der Waals surface area contributed by atoms with Gasteiger partial charge in [0.15, 0.2) is 0 Å². The standard InChI is InChI=1S/C18H21FN2O/c1-3-4-10-20-21-18(22)17-9-8-15(11-13(17)2)14-6-5-7-16(19)12-14/h5-9,11-12,20H,3-4,10H2,1-2H3,(H,21,22). The van der Waals surface area contributed by atoms with E-state index in [0.29, 0.717) is 5.56 Å². The fourth-order valence-electron chi connectivity index (χ4n) is 2.24. The third-order valence-electron chi connectivity index (χ3n) is 3.49. The quantitative estimate of drug-likeness (QED) is 0.629. The van der Waals surface area contributed by atoms with Gasteiger partial charge in [-0.15, -0.1) is 0 Å². The van der Waals surface area contributed by atoms with Crippen molar-refractivity contribution in [2.75, 3.05) is 6.54 Å². The number of unbranched alkanes of at least 4 members (excludes halogenated alkanes) is 1. The second-order valence-corrected chi connectivity index (χ2v) is 5.27. The van der Waals surface area contributed by atoms with Crippen molar-refractivity contribution in [3.05, 3.63) is 59.4 Å². The molecule has 4 heteroatoms. The number of carbonyl (C=O) groups is 1. The molecule has 0 aromatic heterocycles. The molecule has 3 nitrogen and oxygen atoms in total. The number of hydrogen-bond acceptors (Lipinski definition) is 2. The predicted molar refractivity (Wildman–Crippen MR) is 86.9 cm³/mol. The van der Waals surface area contributed by atoms with Crippen molar-refractivity contribution >= 4 is 5.91 Å². The highest BCUT2D eigenvalue weighted by Crippen LogP contribution is 2.23. The first-order valence-corrected chi connectivity index (χ1v) is 7.51. The van der Waals surface area contributed by atoms with Crippen LogP contribution in [-0.2, 0) is 0 Å². The first kappa shape index (κ1) is 16.2. The number of amides is 1. The van der Waals surface area contributed by atoms with Crippen LogP contribution in [-0.4, -0.2) is 12.5 Å². The molecule has 22 heavy (non-hydrogen) atoms. The van der Waals surface area contributed by atoms with Gasteiger partial charge in [0, 0.05) is 12.1 Å². The minimum Gasteiger partial charge on any atom is -0.287 e. The third-order valence-corrected chi connectivity index (χ3v) is 3.49. The maximum atomic E-state index is 13.3. The van der Waals surface area contributed by atoms with E-state index < -0.39 is 0 Å². The highest BCUT2D eigenvalue weighted by molar-refractivity contribution is 5.95. The fourth-order valence-corrected chi connectivity index (χ4v) is 2.24. The largest absolute Gasteiger partial charge is 0.287 e. The van der Waals surface area contributed by atoms with Gasteiger partial charge >= 0.3 is 0 Å². The van der Waals surface area contributed by atoms with Crippen molar-refractivity contribution in [1.29, 1.82) is 0 Å².